The number of rotatable bonds is 6. The number of hydrogen-bond donors (Lipinski definition) is 0. The maximum Gasteiger partial charge on any atom is 0.262 e. The third-order valence-corrected chi connectivity index (χ3v) is 10.1. The molecule has 0 bridgehead atoms. The van der Waals surface area contributed by atoms with Gasteiger partial charge in [0, 0.05) is 36.8 Å². The second-order valence-corrected chi connectivity index (χ2v) is 12.5. The second kappa shape index (κ2) is 11.5. The van der Waals surface area contributed by atoms with E-state index in [-0.39, 0.29) is 0 Å². The summed E-state index contributed by atoms with van der Waals surface area (Å²) in [6, 6.07) is 34.2. The number of thiazole rings is 1. The number of pyridine rings is 1. The minimum absolute atomic E-state index is 0.979. The van der Waals surface area contributed by atoms with Gasteiger partial charge in [-0.25, -0.2) is 4.98 Å². The van der Waals surface area contributed by atoms with E-state index in [9.17, 15) is 0 Å². The minimum atomic E-state index is 0.979. The first-order chi connectivity index (χ1) is 20.7. The lowest BCUT2D eigenvalue weighted by molar-refractivity contribution is -0.642. The standard InChI is InChI=1S/C36H31N4S2/c1-38-30-16-9-10-17-31(30)41-33(38)23-21-26-19-20-27(22-24-34-39(2)36-32(42-34)18-11-25-37-36)35(26)40(28-12-5-3-6-13-28)29-14-7-4-8-15-29/h3-18,21-25H,19-20H2,1-2H3/q+1. The van der Waals surface area contributed by atoms with Crippen molar-refractivity contribution in [1.29, 1.82) is 0 Å². The minimum Gasteiger partial charge on any atom is -0.323 e. The van der Waals surface area contributed by atoms with Gasteiger partial charge >= 0.3 is 0 Å². The highest BCUT2D eigenvalue weighted by Crippen LogP contribution is 2.45. The van der Waals surface area contributed by atoms with Crippen molar-refractivity contribution in [2.75, 3.05) is 16.8 Å². The van der Waals surface area contributed by atoms with Crippen molar-refractivity contribution in [1.82, 2.24) is 4.98 Å². The molecule has 0 amide bonds. The molecule has 1 aliphatic carbocycles. The van der Waals surface area contributed by atoms with Crippen LogP contribution in [0.1, 0.15) is 17.8 Å². The number of hydrogen-bond acceptors (Lipinski definition) is 5. The molecule has 5 aromatic rings. The Balaban J connectivity index is 1.35. The summed E-state index contributed by atoms with van der Waals surface area (Å²) in [7, 11) is 4.25. The molecule has 0 unspecified atom stereocenters. The van der Waals surface area contributed by atoms with E-state index in [2.05, 4.69) is 149 Å². The van der Waals surface area contributed by atoms with Crippen molar-refractivity contribution in [2.24, 2.45) is 7.05 Å². The van der Waals surface area contributed by atoms with Gasteiger partial charge in [-0.05, 0) is 78.6 Å². The van der Waals surface area contributed by atoms with E-state index in [0.717, 1.165) is 30.0 Å². The highest BCUT2D eigenvalue weighted by Gasteiger charge is 2.27. The summed E-state index contributed by atoms with van der Waals surface area (Å²) in [5, 5.41) is 2.42. The average Bonchev–Trinajstić information content (AvgIpc) is 3.69. The topological polar surface area (TPSA) is 23.2 Å². The molecule has 2 aliphatic rings. The second-order valence-electron chi connectivity index (χ2n) is 10.4. The average molecular weight is 584 g/mol. The van der Waals surface area contributed by atoms with Crippen LogP contribution >= 0.6 is 23.1 Å². The maximum atomic E-state index is 4.60. The zero-order valence-corrected chi connectivity index (χ0v) is 25.3. The number of allylic oxidation sites excluding steroid dienone is 5. The summed E-state index contributed by atoms with van der Waals surface area (Å²) in [5.74, 6) is 1.02. The first kappa shape index (κ1) is 26.5. The molecular weight excluding hydrogens is 553 g/mol. The van der Waals surface area contributed by atoms with Gasteiger partial charge < -0.3 is 9.80 Å². The number of aryl methyl sites for hydroxylation is 1. The first-order valence-corrected chi connectivity index (χ1v) is 15.8. The molecule has 2 aromatic heterocycles. The zero-order chi connectivity index (χ0) is 28.5. The maximum absolute atomic E-state index is 4.60. The summed E-state index contributed by atoms with van der Waals surface area (Å²) in [4.78, 5) is 10.4. The van der Waals surface area contributed by atoms with Crippen LogP contribution in [0.25, 0.3) is 16.3 Å². The Labute approximate surface area is 255 Å². The lowest BCUT2D eigenvalue weighted by Crippen LogP contribution is -2.28. The molecule has 3 heterocycles. The van der Waals surface area contributed by atoms with Crippen molar-refractivity contribution >= 4 is 56.6 Å². The third kappa shape index (κ3) is 4.97. The number of aromatic nitrogens is 2. The fraction of sp³-hybridized carbons (Fsp3) is 0.111. The van der Waals surface area contributed by atoms with Crippen LogP contribution in [0.2, 0.25) is 0 Å². The number of benzene rings is 3. The predicted octanol–water partition coefficient (Wildman–Crippen LogP) is 9.03. The van der Waals surface area contributed by atoms with Crippen LogP contribution in [0, 0.1) is 0 Å². The van der Waals surface area contributed by atoms with Crippen molar-refractivity contribution in [3.63, 3.8) is 0 Å². The largest absolute Gasteiger partial charge is 0.323 e. The van der Waals surface area contributed by atoms with E-state index in [1.807, 2.05) is 23.6 Å². The fourth-order valence-electron chi connectivity index (χ4n) is 5.64. The fourth-order valence-corrected chi connectivity index (χ4v) is 7.71. The lowest BCUT2D eigenvalue weighted by Gasteiger charge is -2.28. The van der Waals surface area contributed by atoms with Gasteiger partial charge in [-0.1, -0.05) is 77.7 Å². The van der Waals surface area contributed by atoms with E-state index in [1.165, 1.54) is 42.0 Å². The summed E-state index contributed by atoms with van der Waals surface area (Å²) in [5.41, 5.74) is 7.49. The third-order valence-electron chi connectivity index (χ3n) is 7.76. The van der Waals surface area contributed by atoms with Crippen LogP contribution in [0.15, 0.2) is 148 Å². The predicted molar refractivity (Wildman–Crippen MR) is 178 cm³/mol. The SMILES string of the molecule is CN1C(=CC=C2CCC(C=Cc3sc4ccccc4[n+]3C)=C2N(c2ccccc2)c2ccccc2)Sc2cccnc21. The van der Waals surface area contributed by atoms with E-state index >= 15 is 0 Å². The molecule has 42 heavy (non-hydrogen) atoms. The Bertz CT molecular complexity index is 1840. The van der Waals surface area contributed by atoms with Gasteiger partial charge in [0.15, 0.2) is 0 Å². The van der Waals surface area contributed by atoms with Gasteiger partial charge in [-0.2, -0.15) is 4.57 Å². The van der Waals surface area contributed by atoms with Crippen LogP contribution in [-0.2, 0) is 7.05 Å². The Morgan fingerprint density at radius 2 is 1.52 bits per heavy atom. The molecule has 206 valence electrons. The van der Waals surface area contributed by atoms with Crippen LogP contribution in [-0.4, -0.2) is 12.0 Å². The number of fused-ring (bicyclic) bond motifs is 2. The molecule has 0 saturated carbocycles. The molecule has 1 aliphatic heterocycles. The number of nitrogens with zero attached hydrogens (tertiary/aromatic N) is 4. The van der Waals surface area contributed by atoms with E-state index < -0.39 is 0 Å². The van der Waals surface area contributed by atoms with Gasteiger partial charge in [0.2, 0.25) is 5.52 Å². The quantitative estimate of drug-likeness (QED) is 0.186. The molecular formula is C36H31N4S2+. The number of para-hydroxylation sites is 3. The Hall–Kier alpha value is -4.39. The lowest BCUT2D eigenvalue weighted by atomic mass is 10.1. The summed E-state index contributed by atoms with van der Waals surface area (Å²) >= 11 is 3.61. The van der Waals surface area contributed by atoms with Crippen LogP contribution in [0.5, 0.6) is 0 Å². The smallest absolute Gasteiger partial charge is 0.262 e. The van der Waals surface area contributed by atoms with Crippen molar-refractivity contribution in [2.45, 2.75) is 17.7 Å². The first-order valence-electron chi connectivity index (χ1n) is 14.1. The summed E-state index contributed by atoms with van der Waals surface area (Å²) < 4.78 is 3.59. The summed E-state index contributed by atoms with van der Waals surface area (Å²) in [6.45, 7) is 0. The van der Waals surface area contributed by atoms with Gasteiger partial charge in [-0.3, -0.25) is 0 Å². The summed E-state index contributed by atoms with van der Waals surface area (Å²) in [6.07, 6.45) is 13.0. The molecule has 0 atom stereocenters. The zero-order valence-electron chi connectivity index (χ0n) is 23.6. The number of anilines is 3. The molecule has 4 nitrogen and oxygen atoms in total. The van der Waals surface area contributed by atoms with E-state index in [4.69, 9.17) is 0 Å². The van der Waals surface area contributed by atoms with Crippen molar-refractivity contribution in [3.05, 3.63) is 148 Å². The molecule has 0 spiro atoms. The van der Waals surface area contributed by atoms with Gasteiger partial charge in [0.25, 0.3) is 5.01 Å². The molecule has 7 rings (SSSR count). The Morgan fingerprint density at radius 1 is 0.810 bits per heavy atom. The van der Waals surface area contributed by atoms with Crippen LogP contribution in [0.4, 0.5) is 17.2 Å². The molecule has 3 aromatic carbocycles. The normalized spacial score (nSPS) is 16.9. The molecule has 0 radical (unpaired) electrons. The van der Waals surface area contributed by atoms with Crippen molar-refractivity contribution < 1.29 is 4.57 Å². The Morgan fingerprint density at radius 3 is 2.24 bits per heavy atom. The molecule has 6 heteroatoms. The van der Waals surface area contributed by atoms with Gasteiger partial charge in [-0.15, -0.1) is 0 Å². The highest BCUT2D eigenvalue weighted by molar-refractivity contribution is 8.03. The van der Waals surface area contributed by atoms with Crippen LogP contribution < -0.4 is 14.4 Å². The van der Waals surface area contributed by atoms with E-state index in [1.54, 1.807) is 11.8 Å². The van der Waals surface area contributed by atoms with Crippen molar-refractivity contribution in [3.8, 4) is 0 Å². The molecule has 0 fully saturated rings. The Kier molecular flexibility index (Phi) is 7.24. The van der Waals surface area contributed by atoms with Gasteiger partial charge in [0.1, 0.15) is 17.6 Å². The molecule has 0 N–H and O–H groups in total. The van der Waals surface area contributed by atoms with Crippen LogP contribution in [0.3, 0.4) is 0 Å². The molecule has 0 saturated heterocycles. The van der Waals surface area contributed by atoms with Gasteiger partial charge in [0.05, 0.1) is 15.6 Å². The number of thioether (sulfide) groups is 1. The van der Waals surface area contributed by atoms with E-state index in [0.29, 0.717) is 0 Å². The monoisotopic (exact) mass is 583 g/mol. The highest BCUT2D eigenvalue weighted by atomic mass is 32.2.